The van der Waals surface area contributed by atoms with Crippen LogP contribution in [0.3, 0.4) is 0 Å². The molecule has 0 spiro atoms. The Hall–Kier alpha value is -0.770. The van der Waals surface area contributed by atoms with Gasteiger partial charge in [0.05, 0.1) is 0 Å². The van der Waals surface area contributed by atoms with Gasteiger partial charge in [-0.15, -0.1) is 16.7 Å². The SMILES string of the molecule is CCC1(CNc2nnc(C(C)Cl)o2)CCC1. The Kier molecular flexibility index (Phi) is 3.38. The van der Waals surface area contributed by atoms with E-state index in [1.807, 2.05) is 6.92 Å². The maximum absolute atomic E-state index is 5.85. The predicted octanol–water partition coefficient (Wildman–Crippen LogP) is 3.36. The molecule has 0 amide bonds. The van der Waals surface area contributed by atoms with Gasteiger partial charge in [0.2, 0.25) is 5.89 Å². The normalized spacial score (nSPS) is 20.2. The maximum atomic E-state index is 5.85. The van der Waals surface area contributed by atoms with Gasteiger partial charge in [0.15, 0.2) is 0 Å². The molecule has 4 nitrogen and oxygen atoms in total. The van der Waals surface area contributed by atoms with Gasteiger partial charge in [-0.3, -0.25) is 0 Å². The standard InChI is InChI=1S/C11H18ClN3O/c1-3-11(5-4-6-11)7-13-10-15-14-9(16-10)8(2)12/h8H,3-7H2,1-2H3,(H,13,15). The van der Waals surface area contributed by atoms with Crippen LogP contribution in [-0.4, -0.2) is 16.7 Å². The van der Waals surface area contributed by atoms with E-state index in [4.69, 9.17) is 16.0 Å². The van der Waals surface area contributed by atoms with E-state index < -0.39 is 0 Å². The average Bonchev–Trinajstić information content (AvgIpc) is 2.65. The van der Waals surface area contributed by atoms with E-state index in [-0.39, 0.29) is 5.38 Å². The molecule has 0 aromatic carbocycles. The largest absolute Gasteiger partial charge is 0.407 e. The molecule has 1 aliphatic carbocycles. The lowest BCUT2D eigenvalue weighted by Crippen LogP contribution is -2.35. The molecule has 1 heterocycles. The summed E-state index contributed by atoms with van der Waals surface area (Å²) in [4.78, 5) is 0. The minimum Gasteiger partial charge on any atom is -0.407 e. The second-order valence-corrected chi connectivity index (χ2v) is 5.28. The van der Waals surface area contributed by atoms with Crippen molar-refractivity contribution in [3.63, 3.8) is 0 Å². The van der Waals surface area contributed by atoms with Crippen molar-refractivity contribution in [2.75, 3.05) is 11.9 Å². The first-order valence-corrected chi connectivity index (χ1v) is 6.30. The number of anilines is 1. The highest BCUT2D eigenvalue weighted by molar-refractivity contribution is 6.20. The lowest BCUT2D eigenvalue weighted by atomic mass is 9.67. The van der Waals surface area contributed by atoms with Crippen molar-refractivity contribution in [3.05, 3.63) is 5.89 Å². The van der Waals surface area contributed by atoms with Crippen LogP contribution in [0.2, 0.25) is 0 Å². The van der Waals surface area contributed by atoms with Gasteiger partial charge < -0.3 is 9.73 Å². The van der Waals surface area contributed by atoms with Gasteiger partial charge >= 0.3 is 6.01 Å². The van der Waals surface area contributed by atoms with Crippen LogP contribution in [0.4, 0.5) is 6.01 Å². The topological polar surface area (TPSA) is 51.0 Å². The molecule has 1 aromatic rings. The highest BCUT2D eigenvalue weighted by Gasteiger charge is 2.35. The number of nitrogens with one attached hydrogen (secondary N) is 1. The molecule has 1 aliphatic rings. The van der Waals surface area contributed by atoms with Gasteiger partial charge in [-0.25, -0.2) is 0 Å². The van der Waals surface area contributed by atoms with Crippen LogP contribution < -0.4 is 5.32 Å². The molecular formula is C11H18ClN3O. The van der Waals surface area contributed by atoms with Crippen LogP contribution in [0.1, 0.15) is 50.8 Å². The molecule has 1 atom stereocenters. The summed E-state index contributed by atoms with van der Waals surface area (Å²) in [6.45, 7) is 4.97. The molecule has 1 N–H and O–H groups in total. The second-order valence-electron chi connectivity index (χ2n) is 4.62. The number of aromatic nitrogens is 2. The maximum Gasteiger partial charge on any atom is 0.315 e. The van der Waals surface area contributed by atoms with Crippen LogP contribution >= 0.6 is 11.6 Å². The van der Waals surface area contributed by atoms with Crippen LogP contribution in [-0.2, 0) is 0 Å². The van der Waals surface area contributed by atoms with Gasteiger partial charge in [-0.1, -0.05) is 18.4 Å². The van der Waals surface area contributed by atoms with E-state index >= 15 is 0 Å². The Labute approximate surface area is 101 Å². The number of alkyl halides is 1. The van der Waals surface area contributed by atoms with Crippen molar-refractivity contribution >= 4 is 17.6 Å². The van der Waals surface area contributed by atoms with Gasteiger partial charge in [0, 0.05) is 6.54 Å². The molecule has 2 rings (SSSR count). The fraction of sp³-hybridized carbons (Fsp3) is 0.818. The Morgan fingerprint density at radius 1 is 1.50 bits per heavy atom. The van der Waals surface area contributed by atoms with Gasteiger partial charge in [0.25, 0.3) is 0 Å². The highest BCUT2D eigenvalue weighted by Crippen LogP contribution is 2.43. The summed E-state index contributed by atoms with van der Waals surface area (Å²) < 4.78 is 5.39. The van der Waals surface area contributed by atoms with Crippen molar-refractivity contribution < 1.29 is 4.42 Å². The predicted molar refractivity (Wildman–Crippen MR) is 63.6 cm³/mol. The Morgan fingerprint density at radius 2 is 2.25 bits per heavy atom. The first-order chi connectivity index (χ1) is 7.65. The molecule has 1 saturated carbocycles. The zero-order chi connectivity index (χ0) is 11.6. The lowest BCUT2D eigenvalue weighted by molar-refractivity contribution is 0.144. The van der Waals surface area contributed by atoms with Crippen molar-refractivity contribution in [1.29, 1.82) is 0 Å². The number of hydrogen-bond acceptors (Lipinski definition) is 4. The van der Waals surface area contributed by atoms with E-state index in [1.165, 1.54) is 25.7 Å². The molecule has 1 fully saturated rings. The van der Waals surface area contributed by atoms with Gasteiger partial charge in [0.1, 0.15) is 5.38 Å². The van der Waals surface area contributed by atoms with Crippen molar-refractivity contribution in [3.8, 4) is 0 Å². The molecule has 16 heavy (non-hydrogen) atoms. The fourth-order valence-electron chi connectivity index (χ4n) is 2.06. The first kappa shape index (κ1) is 11.7. The Balaban J connectivity index is 1.89. The second kappa shape index (κ2) is 4.62. The van der Waals surface area contributed by atoms with E-state index in [0.717, 1.165) is 6.54 Å². The Bertz CT molecular complexity index is 341. The lowest BCUT2D eigenvalue weighted by Gasteiger charge is -2.41. The van der Waals surface area contributed by atoms with Crippen LogP contribution in [0.25, 0.3) is 0 Å². The van der Waals surface area contributed by atoms with Crippen LogP contribution in [0.5, 0.6) is 0 Å². The van der Waals surface area contributed by atoms with E-state index in [0.29, 0.717) is 17.3 Å². The minimum absolute atomic E-state index is 0.230. The average molecular weight is 244 g/mol. The summed E-state index contributed by atoms with van der Waals surface area (Å²) in [6, 6.07) is 0.488. The molecule has 0 bridgehead atoms. The molecule has 90 valence electrons. The zero-order valence-electron chi connectivity index (χ0n) is 9.79. The molecule has 0 aliphatic heterocycles. The highest BCUT2D eigenvalue weighted by atomic mass is 35.5. The first-order valence-electron chi connectivity index (χ1n) is 5.86. The molecule has 1 unspecified atom stereocenters. The molecule has 1 aromatic heterocycles. The number of rotatable bonds is 5. The summed E-state index contributed by atoms with van der Waals surface area (Å²) in [7, 11) is 0. The van der Waals surface area contributed by atoms with Crippen molar-refractivity contribution in [2.45, 2.75) is 44.9 Å². The zero-order valence-corrected chi connectivity index (χ0v) is 10.5. The van der Waals surface area contributed by atoms with E-state index in [1.54, 1.807) is 0 Å². The van der Waals surface area contributed by atoms with Crippen LogP contribution in [0.15, 0.2) is 4.42 Å². The summed E-state index contributed by atoms with van der Waals surface area (Å²) in [5.41, 5.74) is 0.446. The van der Waals surface area contributed by atoms with Gasteiger partial charge in [-0.2, -0.15) is 0 Å². The van der Waals surface area contributed by atoms with Crippen molar-refractivity contribution in [2.24, 2.45) is 5.41 Å². The molecule has 5 heteroatoms. The number of hydrogen-bond donors (Lipinski definition) is 1. The van der Waals surface area contributed by atoms with Crippen LogP contribution in [0, 0.1) is 5.41 Å². The third-order valence-corrected chi connectivity index (χ3v) is 3.75. The molecular weight excluding hydrogens is 226 g/mol. The monoisotopic (exact) mass is 243 g/mol. The number of halogens is 1. The number of nitrogens with zero attached hydrogens (tertiary/aromatic N) is 2. The third kappa shape index (κ3) is 2.32. The Morgan fingerprint density at radius 3 is 2.69 bits per heavy atom. The smallest absolute Gasteiger partial charge is 0.315 e. The van der Waals surface area contributed by atoms with E-state index in [9.17, 15) is 0 Å². The summed E-state index contributed by atoms with van der Waals surface area (Å²) in [5, 5.41) is 10.8. The molecule has 0 radical (unpaired) electrons. The molecule has 0 saturated heterocycles. The van der Waals surface area contributed by atoms with Crippen molar-refractivity contribution in [1.82, 2.24) is 10.2 Å². The van der Waals surface area contributed by atoms with Gasteiger partial charge in [-0.05, 0) is 31.6 Å². The minimum atomic E-state index is -0.230. The van der Waals surface area contributed by atoms with E-state index in [2.05, 4.69) is 22.4 Å². The third-order valence-electron chi connectivity index (χ3n) is 3.56. The quantitative estimate of drug-likeness (QED) is 0.806. The summed E-state index contributed by atoms with van der Waals surface area (Å²) in [5.74, 6) is 0.475. The fourth-order valence-corrected chi connectivity index (χ4v) is 2.15. The summed E-state index contributed by atoms with van der Waals surface area (Å²) >= 11 is 5.85. The summed E-state index contributed by atoms with van der Waals surface area (Å²) in [6.07, 6.45) is 5.13.